The molecule has 0 aliphatic carbocycles. The highest BCUT2D eigenvalue weighted by Gasteiger charge is 2.06. The van der Waals surface area contributed by atoms with Crippen molar-refractivity contribution in [3.8, 4) is 0 Å². The zero-order valence-corrected chi connectivity index (χ0v) is 11.3. The monoisotopic (exact) mass is 289 g/mol. The summed E-state index contributed by atoms with van der Waals surface area (Å²) in [6, 6.07) is 3.62. The molecule has 0 saturated carbocycles. The second kappa shape index (κ2) is 7.81. The van der Waals surface area contributed by atoms with E-state index in [1.807, 2.05) is 6.92 Å². The lowest BCUT2D eigenvalue weighted by Crippen LogP contribution is -2.43. The van der Waals surface area contributed by atoms with Crippen LogP contribution in [-0.2, 0) is 0 Å². The Hall–Kier alpha value is -1.53. The van der Waals surface area contributed by atoms with Gasteiger partial charge in [-0.15, -0.1) is 0 Å². The summed E-state index contributed by atoms with van der Waals surface area (Å²) in [5, 5.41) is 11.4. The fourth-order valence-electron chi connectivity index (χ4n) is 1.43. The van der Waals surface area contributed by atoms with Crippen molar-refractivity contribution >= 4 is 23.3 Å². The molecule has 2 amide bonds. The molecule has 1 unspecified atom stereocenters. The first-order valence-electron chi connectivity index (χ1n) is 5.91. The smallest absolute Gasteiger partial charge is 0.333 e. The van der Waals surface area contributed by atoms with Crippen LogP contribution in [-0.4, -0.2) is 23.8 Å². The van der Waals surface area contributed by atoms with E-state index < -0.39 is 11.8 Å². The van der Waals surface area contributed by atoms with E-state index in [1.54, 1.807) is 6.07 Å². The Labute approximate surface area is 116 Å². The van der Waals surface area contributed by atoms with Gasteiger partial charge in [-0.1, -0.05) is 11.6 Å². The summed E-state index contributed by atoms with van der Waals surface area (Å²) < 4.78 is 13.1. The first-order valence-corrected chi connectivity index (χ1v) is 6.29. The average molecular weight is 290 g/mol. The Morgan fingerprint density at radius 3 is 2.89 bits per heavy atom. The van der Waals surface area contributed by atoms with Crippen LogP contribution in [0, 0.1) is 5.82 Å². The molecule has 7 heteroatoms. The second-order valence-corrected chi connectivity index (χ2v) is 4.53. The zero-order chi connectivity index (χ0) is 14.3. The van der Waals surface area contributed by atoms with Crippen LogP contribution in [0.4, 0.5) is 14.9 Å². The fraction of sp³-hybridized carbons (Fsp3) is 0.417. The Bertz CT molecular complexity index is 431. The Balaban J connectivity index is 2.35. The molecule has 0 spiro atoms. The zero-order valence-electron chi connectivity index (χ0n) is 10.5. The molecule has 1 aromatic carbocycles. The van der Waals surface area contributed by atoms with Crippen molar-refractivity contribution in [3.63, 3.8) is 0 Å². The second-order valence-electron chi connectivity index (χ2n) is 4.12. The van der Waals surface area contributed by atoms with Crippen LogP contribution in [0.2, 0.25) is 5.02 Å². The van der Waals surface area contributed by atoms with Crippen molar-refractivity contribution in [2.75, 3.05) is 12.0 Å². The number of hydrogen-bond donors (Lipinski definition) is 4. The number of halogens is 2. The van der Waals surface area contributed by atoms with Gasteiger partial charge in [-0.05, 0) is 31.9 Å². The molecular weight excluding hydrogens is 273 g/mol. The van der Waals surface area contributed by atoms with Gasteiger partial charge in [0.25, 0.3) is 0 Å². The van der Waals surface area contributed by atoms with Gasteiger partial charge >= 0.3 is 6.03 Å². The summed E-state index contributed by atoms with van der Waals surface area (Å²) in [4.78, 5) is 11.5. The molecular formula is C12H17ClFN3O2. The number of amides is 2. The molecule has 0 heterocycles. The highest BCUT2D eigenvalue weighted by molar-refractivity contribution is 6.30. The molecule has 0 fully saturated rings. The van der Waals surface area contributed by atoms with Crippen LogP contribution in [0.15, 0.2) is 18.2 Å². The summed E-state index contributed by atoms with van der Waals surface area (Å²) >= 11 is 5.54. The summed E-state index contributed by atoms with van der Waals surface area (Å²) in [5.74, 6) is -0.565. The van der Waals surface area contributed by atoms with Crippen LogP contribution in [0.25, 0.3) is 0 Å². The molecule has 1 rings (SSSR count). The van der Waals surface area contributed by atoms with Gasteiger partial charge in [-0.3, -0.25) is 10.9 Å². The molecule has 0 radical (unpaired) electrons. The molecule has 5 nitrogen and oxygen atoms in total. The highest BCUT2D eigenvalue weighted by atomic mass is 35.5. The number of benzene rings is 1. The maximum absolute atomic E-state index is 13.1. The largest absolute Gasteiger partial charge is 0.396 e. The van der Waals surface area contributed by atoms with E-state index in [2.05, 4.69) is 16.2 Å². The maximum atomic E-state index is 13.1. The minimum absolute atomic E-state index is 0.0210. The molecule has 19 heavy (non-hydrogen) atoms. The predicted molar refractivity (Wildman–Crippen MR) is 72.5 cm³/mol. The van der Waals surface area contributed by atoms with Gasteiger partial charge in [0.1, 0.15) is 5.82 Å². The number of carbonyl (C=O) groups is 1. The predicted octanol–water partition coefficient (Wildman–Crippen LogP) is 2.27. The number of hydrazine groups is 1. The van der Waals surface area contributed by atoms with Gasteiger partial charge in [-0.25, -0.2) is 9.18 Å². The van der Waals surface area contributed by atoms with Crippen molar-refractivity contribution < 1.29 is 14.3 Å². The normalized spacial score (nSPS) is 11.8. The molecule has 106 valence electrons. The first-order chi connectivity index (χ1) is 9.02. The number of hydrogen-bond acceptors (Lipinski definition) is 3. The maximum Gasteiger partial charge on any atom is 0.333 e. The minimum atomic E-state index is -0.565. The van der Waals surface area contributed by atoms with Crippen molar-refractivity contribution in [2.45, 2.75) is 25.8 Å². The van der Waals surface area contributed by atoms with Gasteiger partial charge in [-0.2, -0.15) is 0 Å². The lowest BCUT2D eigenvalue weighted by atomic mass is 10.2. The third-order valence-corrected chi connectivity index (χ3v) is 2.72. The molecule has 0 aliphatic rings. The van der Waals surface area contributed by atoms with Crippen molar-refractivity contribution in [1.29, 1.82) is 0 Å². The number of aliphatic hydroxyl groups excluding tert-OH is 1. The lowest BCUT2D eigenvalue weighted by molar-refractivity contribution is 0.236. The van der Waals surface area contributed by atoms with E-state index in [-0.39, 0.29) is 17.7 Å². The molecule has 1 atom stereocenters. The molecule has 4 N–H and O–H groups in total. The molecule has 0 bridgehead atoms. The van der Waals surface area contributed by atoms with E-state index in [0.717, 1.165) is 0 Å². The van der Waals surface area contributed by atoms with E-state index in [0.29, 0.717) is 18.5 Å². The number of aliphatic hydroxyl groups is 1. The van der Waals surface area contributed by atoms with E-state index in [9.17, 15) is 9.18 Å². The number of anilines is 1. The quantitative estimate of drug-likeness (QED) is 0.607. The summed E-state index contributed by atoms with van der Waals surface area (Å²) in [7, 11) is 0. The van der Waals surface area contributed by atoms with Crippen molar-refractivity contribution in [1.82, 2.24) is 10.7 Å². The van der Waals surface area contributed by atoms with Crippen LogP contribution in [0.3, 0.4) is 0 Å². The molecule has 1 aromatic rings. The third kappa shape index (κ3) is 5.76. The van der Waals surface area contributed by atoms with Crippen molar-refractivity contribution in [2.24, 2.45) is 0 Å². The van der Waals surface area contributed by atoms with Crippen LogP contribution >= 0.6 is 11.6 Å². The van der Waals surface area contributed by atoms with Gasteiger partial charge in [0, 0.05) is 18.7 Å². The molecule has 0 saturated heterocycles. The summed E-state index contributed by atoms with van der Waals surface area (Å²) in [5.41, 5.74) is 5.33. The van der Waals surface area contributed by atoms with Crippen LogP contribution in [0.1, 0.15) is 19.8 Å². The fourth-order valence-corrected chi connectivity index (χ4v) is 1.55. The van der Waals surface area contributed by atoms with Gasteiger partial charge in [0.2, 0.25) is 0 Å². The number of nitrogens with one attached hydrogen (secondary N) is 3. The minimum Gasteiger partial charge on any atom is -0.396 e. The summed E-state index contributed by atoms with van der Waals surface area (Å²) in [6.07, 6.45) is 1.30. The number of carbonyl (C=O) groups excluding carboxylic acids is 1. The van der Waals surface area contributed by atoms with Crippen LogP contribution < -0.4 is 16.2 Å². The number of urea groups is 1. The van der Waals surface area contributed by atoms with E-state index >= 15 is 0 Å². The third-order valence-electron chi connectivity index (χ3n) is 2.41. The lowest BCUT2D eigenvalue weighted by Gasteiger charge is -2.15. The van der Waals surface area contributed by atoms with Gasteiger partial charge in [0.05, 0.1) is 10.7 Å². The van der Waals surface area contributed by atoms with Gasteiger partial charge < -0.3 is 10.4 Å². The highest BCUT2D eigenvalue weighted by Crippen LogP contribution is 2.17. The number of rotatable bonds is 6. The Kier molecular flexibility index (Phi) is 6.38. The van der Waals surface area contributed by atoms with Crippen molar-refractivity contribution in [3.05, 3.63) is 29.0 Å². The Morgan fingerprint density at radius 2 is 2.26 bits per heavy atom. The SMILES string of the molecule is CC(CCCO)NC(=O)NNc1ccc(Cl)c(F)c1. The van der Waals surface area contributed by atoms with E-state index in [4.69, 9.17) is 16.7 Å². The molecule has 0 aromatic heterocycles. The van der Waals surface area contributed by atoms with Gasteiger partial charge in [0.15, 0.2) is 0 Å². The summed E-state index contributed by atoms with van der Waals surface area (Å²) in [6.45, 7) is 1.92. The average Bonchev–Trinajstić information content (AvgIpc) is 2.38. The standard InChI is InChI=1S/C12H17ClFN3O2/c1-8(3-2-6-18)15-12(19)17-16-9-4-5-10(13)11(14)7-9/h4-5,7-8,16,18H,2-3,6H2,1H3,(H2,15,17,19). The van der Waals surface area contributed by atoms with Crippen LogP contribution in [0.5, 0.6) is 0 Å². The van der Waals surface area contributed by atoms with E-state index in [1.165, 1.54) is 12.1 Å². The Morgan fingerprint density at radius 1 is 1.53 bits per heavy atom. The molecule has 0 aliphatic heterocycles. The topological polar surface area (TPSA) is 73.4 Å². The first kappa shape index (κ1) is 15.5.